The van der Waals surface area contributed by atoms with Crippen LogP contribution in [0.25, 0.3) is 0 Å². The minimum Gasteiger partial charge on any atom is -0.446 e. The maximum atomic E-state index is 15.2. The number of carbonyl (C=O) groups excluding carboxylic acids is 4. The van der Waals surface area contributed by atoms with Crippen LogP contribution in [0.5, 0.6) is 0 Å². The Balaban J connectivity index is 1.16. The smallest absolute Gasteiger partial charge is 0.433 e. The molecule has 0 radical (unpaired) electrons. The summed E-state index contributed by atoms with van der Waals surface area (Å²) < 4.78 is 60.9. The van der Waals surface area contributed by atoms with E-state index in [1.54, 1.807) is 0 Å². The molecule has 1 unspecified atom stereocenters. The van der Waals surface area contributed by atoms with Gasteiger partial charge in [0.05, 0.1) is 17.3 Å². The van der Waals surface area contributed by atoms with Gasteiger partial charge in [0.15, 0.2) is 0 Å². The lowest BCUT2D eigenvalue weighted by atomic mass is 9.89. The number of hydrogen-bond acceptors (Lipinski definition) is 6. The highest BCUT2D eigenvalue weighted by atomic mass is 19.4. The second-order valence-corrected chi connectivity index (χ2v) is 9.59. The van der Waals surface area contributed by atoms with Crippen molar-refractivity contribution in [1.82, 2.24) is 25.3 Å². The van der Waals surface area contributed by atoms with Gasteiger partial charge in [0.2, 0.25) is 11.8 Å². The first-order valence-electron chi connectivity index (χ1n) is 11.9. The van der Waals surface area contributed by atoms with Gasteiger partial charge in [-0.05, 0) is 25.0 Å². The van der Waals surface area contributed by atoms with E-state index < -0.39 is 59.7 Å². The fourth-order valence-corrected chi connectivity index (χ4v) is 4.99. The molecule has 1 atom stereocenters. The molecule has 202 valence electrons. The summed E-state index contributed by atoms with van der Waals surface area (Å²) in [5.41, 5.74) is -0.418. The predicted molar refractivity (Wildman–Crippen MR) is 120 cm³/mol. The minimum atomic E-state index is -4.55. The van der Waals surface area contributed by atoms with Crippen molar-refractivity contribution in [3.8, 4) is 0 Å². The number of halogens is 4. The fourth-order valence-electron chi connectivity index (χ4n) is 4.99. The molecule has 0 spiro atoms. The third kappa shape index (κ3) is 4.70. The van der Waals surface area contributed by atoms with Crippen LogP contribution in [-0.2, 0) is 33.6 Å². The number of imide groups is 1. The molecule has 2 fully saturated rings. The second-order valence-electron chi connectivity index (χ2n) is 9.59. The zero-order valence-corrected chi connectivity index (χ0v) is 20.1. The number of fused-ring (bicyclic) bond motifs is 1. The number of nitrogens with one attached hydrogen (secondary N) is 2. The number of benzene rings is 1. The monoisotopic (exact) mass is 537 g/mol. The Morgan fingerprint density at radius 3 is 2.66 bits per heavy atom. The average Bonchev–Trinajstić information content (AvgIpc) is 3.36. The molecule has 1 aromatic heterocycles. The highest BCUT2D eigenvalue weighted by molar-refractivity contribution is 6.05. The zero-order chi connectivity index (χ0) is 27.4. The van der Waals surface area contributed by atoms with Crippen LogP contribution in [0.3, 0.4) is 0 Å². The molecular formula is C24H23F4N5O5. The molecule has 1 saturated carbocycles. The summed E-state index contributed by atoms with van der Waals surface area (Å²) in [6.07, 6.45) is -5.54. The van der Waals surface area contributed by atoms with Crippen molar-refractivity contribution in [2.24, 2.45) is 0 Å². The second kappa shape index (κ2) is 9.40. The number of piperidine rings is 1. The standard InChI is InChI=1S/C24H23F4N5O5/c1-11-6-17(24(26,27)28)33(31-11)14-7-15(8-14)38-23(37)29-9-12-2-3-13-10-32(22(36)19(13)20(12)25)16-4-5-18(34)30-21(16)35/h2-3,6,14-16H,4-5,7-10H2,1H3,(H,29,37)(H,30,34,35). The number of amides is 4. The van der Waals surface area contributed by atoms with Crippen LogP contribution in [0.15, 0.2) is 18.2 Å². The highest BCUT2D eigenvalue weighted by Gasteiger charge is 2.43. The van der Waals surface area contributed by atoms with Crippen LogP contribution in [0, 0.1) is 12.7 Å². The molecular weight excluding hydrogens is 514 g/mol. The Kier molecular flexibility index (Phi) is 6.35. The Labute approximate surface area is 213 Å². The average molecular weight is 537 g/mol. The van der Waals surface area contributed by atoms with E-state index in [4.69, 9.17) is 4.74 Å². The lowest BCUT2D eigenvalue weighted by Crippen LogP contribution is -2.52. The maximum absolute atomic E-state index is 15.2. The van der Waals surface area contributed by atoms with Gasteiger partial charge in [-0.25, -0.2) is 9.18 Å². The van der Waals surface area contributed by atoms with Crippen molar-refractivity contribution in [3.63, 3.8) is 0 Å². The number of alkyl halides is 3. The van der Waals surface area contributed by atoms with Crippen molar-refractivity contribution in [1.29, 1.82) is 0 Å². The number of aryl methyl sites for hydroxylation is 1. The van der Waals surface area contributed by atoms with Crippen molar-refractivity contribution in [3.05, 3.63) is 52.1 Å². The Bertz CT molecular complexity index is 1330. The van der Waals surface area contributed by atoms with E-state index in [0.29, 0.717) is 5.56 Å². The molecule has 2 N–H and O–H groups in total. The molecule has 3 heterocycles. The quantitative estimate of drug-likeness (QED) is 0.447. The summed E-state index contributed by atoms with van der Waals surface area (Å²) >= 11 is 0. The van der Waals surface area contributed by atoms with Crippen LogP contribution < -0.4 is 10.6 Å². The van der Waals surface area contributed by atoms with E-state index in [-0.39, 0.29) is 55.6 Å². The van der Waals surface area contributed by atoms with Crippen LogP contribution in [0.1, 0.15) is 64.6 Å². The van der Waals surface area contributed by atoms with E-state index in [2.05, 4.69) is 15.7 Å². The van der Waals surface area contributed by atoms with Crippen LogP contribution in [0.2, 0.25) is 0 Å². The van der Waals surface area contributed by atoms with E-state index in [1.807, 2.05) is 0 Å². The van der Waals surface area contributed by atoms with E-state index in [1.165, 1.54) is 24.0 Å². The summed E-state index contributed by atoms with van der Waals surface area (Å²) in [6, 6.07) is 2.46. The van der Waals surface area contributed by atoms with Crippen LogP contribution in [0.4, 0.5) is 22.4 Å². The van der Waals surface area contributed by atoms with Gasteiger partial charge < -0.3 is 15.0 Å². The van der Waals surface area contributed by atoms with Gasteiger partial charge in [-0.15, -0.1) is 0 Å². The molecule has 1 aromatic carbocycles. The number of carbonyl (C=O) groups is 4. The van der Waals surface area contributed by atoms with Gasteiger partial charge in [-0.1, -0.05) is 12.1 Å². The first-order valence-corrected chi connectivity index (χ1v) is 11.9. The summed E-state index contributed by atoms with van der Waals surface area (Å²) in [5, 5.41) is 8.48. The summed E-state index contributed by atoms with van der Waals surface area (Å²) in [6.45, 7) is 1.18. The van der Waals surface area contributed by atoms with Gasteiger partial charge in [-0.2, -0.15) is 18.3 Å². The van der Waals surface area contributed by atoms with Crippen LogP contribution >= 0.6 is 0 Å². The van der Waals surface area contributed by atoms with Gasteiger partial charge in [0.25, 0.3) is 5.91 Å². The minimum absolute atomic E-state index is 0.0157. The van der Waals surface area contributed by atoms with E-state index in [0.717, 1.165) is 10.7 Å². The SMILES string of the molecule is Cc1cc(C(F)(F)F)n(C2CC(OC(=O)NCc3ccc4c(c3F)C(=O)N(C3CCC(=O)NC3=O)C4)C2)n1. The third-order valence-corrected chi connectivity index (χ3v) is 6.97. The number of rotatable bonds is 5. The Morgan fingerprint density at radius 1 is 1.24 bits per heavy atom. The first-order chi connectivity index (χ1) is 17.9. The molecule has 3 aliphatic rings. The lowest BCUT2D eigenvalue weighted by Gasteiger charge is -2.35. The van der Waals surface area contributed by atoms with Crippen molar-refractivity contribution >= 4 is 23.8 Å². The number of aromatic nitrogens is 2. The maximum Gasteiger partial charge on any atom is 0.433 e. The molecule has 2 aromatic rings. The molecule has 1 aliphatic carbocycles. The number of ether oxygens (including phenoxy) is 1. The summed E-state index contributed by atoms with van der Waals surface area (Å²) in [5.74, 6) is -2.55. The Morgan fingerprint density at radius 2 is 1.97 bits per heavy atom. The number of hydrogen-bond donors (Lipinski definition) is 2. The van der Waals surface area contributed by atoms with Crippen LogP contribution in [-0.4, -0.2) is 50.6 Å². The largest absolute Gasteiger partial charge is 0.446 e. The zero-order valence-electron chi connectivity index (χ0n) is 20.1. The molecule has 5 rings (SSSR count). The van der Waals surface area contributed by atoms with Crippen molar-refractivity contribution < 1.29 is 41.5 Å². The van der Waals surface area contributed by atoms with Gasteiger partial charge >= 0.3 is 12.3 Å². The summed E-state index contributed by atoms with van der Waals surface area (Å²) in [7, 11) is 0. The fraction of sp³-hybridized carbons (Fsp3) is 0.458. The number of nitrogens with zero attached hydrogens (tertiary/aromatic N) is 3. The number of alkyl carbamates (subject to hydrolysis) is 1. The molecule has 38 heavy (non-hydrogen) atoms. The van der Waals surface area contributed by atoms with Gasteiger partial charge in [-0.3, -0.25) is 24.4 Å². The van der Waals surface area contributed by atoms with E-state index >= 15 is 4.39 Å². The van der Waals surface area contributed by atoms with Crippen molar-refractivity contribution in [2.75, 3.05) is 0 Å². The molecule has 4 amide bonds. The molecule has 0 bridgehead atoms. The highest BCUT2D eigenvalue weighted by Crippen LogP contribution is 2.39. The Hall–Kier alpha value is -3.97. The normalized spacial score (nSPS) is 23.1. The van der Waals surface area contributed by atoms with E-state index in [9.17, 15) is 32.3 Å². The topological polar surface area (TPSA) is 123 Å². The van der Waals surface area contributed by atoms with Gasteiger partial charge in [0, 0.05) is 37.9 Å². The molecule has 10 nitrogen and oxygen atoms in total. The molecule has 1 saturated heterocycles. The molecule has 14 heteroatoms. The molecule has 2 aliphatic heterocycles. The lowest BCUT2D eigenvalue weighted by molar-refractivity contribution is -0.147. The summed E-state index contributed by atoms with van der Waals surface area (Å²) in [4.78, 5) is 49.9. The first kappa shape index (κ1) is 25.7. The van der Waals surface area contributed by atoms with Gasteiger partial charge in [0.1, 0.15) is 23.7 Å². The van der Waals surface area contributed by atoms with Crippen molar-refractivity contribution in [2.45, 2.75) is 70.1 Å². The third-order valence-electron chi connectivity index (χ3n) is 6.97. The predicted octanol–water partition coefficient (Wildman–Crippen LogP) is 2.74.